The molecule has 0 radical (unpaired) electrons. The molecule has 0 aliphatic heterocycles. The lowest BCUT2D eigenvalue weighted by Gasteiger charge is -2.18. The molecular formula is C58H112O6. The molecule has 380 valence electrons. The highest BCUT2D eigenvalue weighted by atomic mass is 16.6. The summed E-state index contributed by atoms with van der Waals surface area (Å²) in [6, 6.07) is 0. The van der Waals surface area contributed by atoms with E-state index in [1.165, 1.54) is 212 Å². The first-order valence-electron chi connectivity index (χ1n) is 28.7. The fourth-order valence-corrected chi connectivity index (χ4v) is 8.87. The first kappa shape index (κ1) is 62.4. The van der Waals surface area contributed by atoms with Gasteiger partial charge in [-0.1, -0.05) is 285 Å². The Bertz CT molecular complexity index is 978. The SMILES string of the molecule is CCCCCCCCCCCCCCCCCCCCCC(=O)OC[C@@H](COC(=O)CCCCCCCCC(C)C)OC(=O)CCCCCCCCCCCCCCCCCC(C)C. The Kier molecular flexibility index (Phi) is 49.6. The Balaban J connectivity index is 4.21. The van der Waals surface area contributed by atoms with Crippen molar-refractivity contribution in [3.05, 3.63) is 0 Å². The molecule has 0 saturated carbocycles. The van der Waals surface area contributed by atoms with Gasteiger partial charge in [0, 0.05) is 19.3 Å². The molecule has 0 heterocycles. The Morgan fingerprint density at radius 3 is 0.766 bits per heavy atom. The monoisotopic (exact) mass is 905 g/mol. The van der Waals surface area contributed by atoms with Crippen molar-refractivity contribution in [1.29, 1.82) is 0 Å². The zero-order chi connectivity index (χ0) is 46.8. The summed E-state index contributed by atoms with van der Waals surface area (Å²) in [4.78, 5) is 38.0. The van der Waals surface area contributed by atoms with Crippen molar-refractivity contribution in [2.45, 2.75) is 330 Å². The van der Waals surface area contributed by atoms with Gasteiger partial charge < -0.3 is 14.2 Å². The van der Waals surface area contributed by atoms with Gasteiger partial charge in [-0.25, -0.2) is 0 Å². The summed E-state index contributed by atoms with van der Waals surface area (Å²) in [5.41, 5.74) is 0. The van der Waals surface area contributed by atoms with E-state index in [4.69, 9.17) is 14.2 Å². The third kappa shape index (κ3) is 51.4. The van der Waals surface area contributed by atoms with E-state index < -0.39 is 6.10 Å². The average Bonchev–Trinajstić information content (AvgIpc) is 3.27. The highest BCUT2D eigenvalue weighted by Crippen LogP contribution is 2.18. The second-order valence-corrected chi connectivity index (χ2v) is 20.9. The van der Waals surface area contributed by atoms with E-state index in [0.29, 0.717) is 19.3 Å². The first-order chi connectivity index (χ1) is 31.2. The third-order valence-corrected chi connectivity index (χ3v) is 13.2. The van der Waals surface area contributed by atoms with E-state index in [1.807, 2.05) is 0 Å². The van der Waals surface area contributed by atoms with E-state index in [1.54, 1.807) is 0 Å². The molecule has 0 aliphatic carbocycles. The third-order valence-electron chi connectivity index (χ3n) is 13.2. The minimum absolute atomic E-state index is 0.0637. The molecule has 1 atom stereocenters. The Morgan fingerprint density at radius 2 is 0.516 bits per heavy atom. The molecule has 0 aliphatic rings. The van der Waals surface area contributed by atoms with Gasteiger partial charge in [-0.3, -0.25) is 14.4 Å². The van der Waals surface area contributed by atoms with Crippen molar-refractivity contribution < 1.29 is 28.6 Å². The topological polar surface area (TPSA) is 78.9 Å². The summed E-state index contributed by atoms with van der Waals surface area (Å²) >= 11 is 0. The van der Waals surface area contributed by atoms with Crippen LogP contribution in [0.25, 0.3) is 0 Å². The van der Waals surface area contributed by atoms with Crippen molar-refractivity contribution in [2.75, 3.05) is 13.2 Å². The largest absolute Gasteiger partial charge is 0.462 e. The number of esters is 3. The second kappa shape index (κ2) is 50.8. The molecule has 0 bridgehead atoms. The van der Waals surface area contributed by atoms with Crippen LogP contribution in [0.4, 0.5) is 0 Å². The first-order valence-corrected chi connectivity index (χ1v) is 28.7. The van der Waals surface area contributed by atoms with Crippen LogP contribution in [-0.2, 0) is 28.6 Å². The predicted octanol–water partition coefficient (Wildman–Crippen LogP) is 18.9. The number of hydrogen-bond acceptors (Lipinski definition) is 6. The Morgan fingerprint density at radius 1 is 0.297 bits per heavy atom. The summed E-state index contributed by atoms with van der Waals surface area (Å²) in [5, 5.41) is 0. The lowest BCUT2D eigenvalue weighted by atomic mass is 10.0. The molecule has 6 nitrogen and oxygen atoms in total. The molecule has 0 N–H and O–H groups in total. The van der Waals surface area contributed by atoms with Crippen molar-refractivity contribution in [1.82, 2.24) is 0 Å². The summed E-state index contributed by atoms with van der Waals surface area (Å²) in [5.74, 6) is 0.765. The number of carbonyl (C=O) groups is 3. The average molecular weight is 906 g/mol. The maximum absolute atomic E-state index is 12.8. The predicted molar refractivity (Wildman–Crippen MR) is 275 cm³/mol. The minimum atomic E-state index is -0.763. The normalized spacial score (nSPS) is 12.0. The molecule has 0 saturated heterocycles. The molecular weight excluding hydrogens is 793 g/mol. The minimum Gasteiger partial charge on any atom is -0.462 e. The number of carbonyl (C=O) groups excluding carboxylic acids is 3. The van der Waals surface area contributed by atoms with Gasteiger partial charge >= 0.3 is 17.9 Å². The van der Waals surface area contributed by atoms with Gasteiger partial charge in [0.2, 0.25) is 0 Å². The highest BCUT2D eigenvalue weighted by Gasteiger charge is 2.19. The molecule has 0 amide bonds. The van der Waals surface area contributed by atoms with Crippen molar-refractivity contribution >= 4 is 17.9 Å². The van der Waals surface area contributed by atoms with Gasteiger partial charge in [-0.05, 0) is 31.1 Å². The van der Waals surface area contributed by atoms with Crippen LogP contribution in [-0.4, -0.2) is 37.2 Å². The fraction of sp³-hybridized carbons (Fsp3) is 0.948. The van der Waals surface area contributed by atoms with Crippen LogP contribution in [0.15, 0.2) is 0 Å². The lowest BCUT2D eigenvalue weighted by Crippen LogP contribution is -2.30. The van der Waals surface area contributed by atoms with Crippen molar-refractivity contribution in [3.63, 3.8) is 0 Å². The van der Waals surface area contributed by atoms with Crippen molar-refractivity contribution in [3.8, 4) is 0 Å². The number of rotatable bonds is 52. The molecule has 64 heavy (non-hydrogen) atoms. The zero-order valence-electron chi connectivity index (χ0n) is 43.9. The number of unbranched alkanes of at least 4 members (excludes halogenated alkanes) is 37. The highest BCUT2D eigenvalue weighted by molar-refractivity contribution is 5.71. The number of hydrogen-bond donors (Lipinski definition) is 0. The van der Waals surface area contributed by atoms with Gasteiger partial charge in [0.15, 0.2) is 6.10 Å². The van der Waals surface area contributed by atoms with Crippen LogP contribution in [0.5, 0.6) is 0 Å². The van der Waals surface area contributed by atoms with Gasteiger partial charge in [0.1, 0.15) is 13.2 Å². The van der Waals surface area contributed by atoms with Crippen molar-refractivity contribution in [2.24, 2.45) is 11.8 Å². The lowest BCUT2D eigenvalue weighted by molar-refractivity contribution is -0.167. The van der Waals surface area contributed by atoms with Gasteiger partial charge in [0.25, 0.3) is 0 Å². The standard InChI is InChI=1S/C58H112O6/c1-6-7-8-9-10-11-12-13-14-15-16-17-20-23-26-29-32-38-43-48-56(59)62-51-55(52-63-57(60)49-44-39-35-34-37-42-47-54(4)5)64-58(61)50-45-40-33-30-27-24-21-18-19-22-25-28-31-36-41-46-53(2)3/h53-55H,6-52H2,1-5H3/t55-/m0/s1. The summed E-state index contributed by atoms with van der Waals surface area (Å²) < 4.78 is 16.8. The van der Waals surface area contributed by atoms with Gasteiger partial charge in [-0.2, -0.15) is 0 Å². The van der Waals surface area contributed by atoms with Crippen LogP contribution in [0, 0.1) is 11.8 Å². The molecule has 0 fully saturated rings. The summed E-state index contributed by atoms with van der Waals surface area (Å²) in [7, 11) is 0. The van der Waals surface area contributed by atoms with E-state index in [-0.39, 0.29) is 31.1 Å². The van der Waals surface area contributed by atoms with Gasteiger partial charge in [0.05, 0.1) is 0 Å². The summed E-state index contributed by atoms with van der Waals surface area (Å²) in [6.07, 6.45) is 54.0. The molecule has 0 aromatic rings. The van der Waals surface area contributed by atoms with Crippen LogP contribution >= 0.6 is 0 Å². The van der Waals surface area contributed by atoms with E-state index in [0.717, 1.165) is 69.6 Å². The molecule has 0 aromatic carbocycles. The fourth-order valence-electron chi connectivity index (χ4n) is 8.87. The second-order valence-electron chi connectivity index (χ2n) is 20.9. The maximum Gasteiger partial charge on any atom is 0.306 e. The van der Waals surface area contributed by atoms with Crippen LogP contribution in [0.1, 0.15) is 324 Å². The van der Waals surface area contributed by atoms with Crippen LogP contribution in [0.3, 0.4) is 0 Å². The molecule has 0 rings (SSSR count). The molecule has 0 aromatic heterocycles. The quantitative estimate of drug-likeness (QED) is 0.0344. The Labute approximate surface area is 399 Å². The van der Waals surface area contributed by atoms with Crippen LogP contribution in [0.2, 0.25) is 0 Å². The Hall–Kier alpha value is -1.59. The van der Waals surface area contributed by atoms with E-state index in [2.05, 4.69) is 34.6 Å². The molecule has 0 spiro atoms. The number of ether oxygens (including phenoxy) is 3. The van der Waals surface area contributed by atoms with E-state index >= 15 is 0 Å². The maximum atomic E-state index is 12.8. The molecule has 0 unspecified atom stereocenters. The molecule has 6 heteroatoms. The van der Waals surface area contributed by atoms with E-state index in [9.17, 15) is 14.4 Å². The smallest absolute Gasteiger partial charge is 0.306 e. The van der Waals surface area contributed by atoms with Gasteiger partial charge in [-0.15, -0.1) is 0 Å². The van der Waals surface area contributed by atoms with Crippen LogP contribution < -0.4 is 0 Å². The zero-order valence-corrected chi connectivity index (χ0v) is 43.9. The summed E-state index contributed by atoms with van der Waals surface area (Å²) in [6.45, 7) is 11.3.